The third kappa shape index (κ3) is 3.53. The van der Waals surface area contributed by atoms with Gasteiger partial charge < -0.3 is 19.4 Å². The second kappa shape index (κ2) is 7.39. The minimum atomic E-state index is -0.211. The maximum absolute atomic E-state index is 12.6. The second-order valence-corrected chi connectivity index (χ2v) is 5.77. The van der Waals surface area contributed by atoms with Crippen LogP contribution in [-0.4, -0.2) is 90.4 Å². The lowest BCUT2D eigenvalue weighted by Crippen LogP contribution is -2.48. The molecule has 2 saturated heterocycles. The first-order chi connectivity index (χ1) is 11.7. The summed E-state index contributed by atoms with van der Waals surface area (Å²) in [6.07, 6.45) is 2.28. The molecular formula is C16H20N4O4. The predicted molar refractivity (Wildman–Crippen MR) is 84.5 cm³/mol. The summed E-state index contributed by atoms with van der Waals surface area (Å²) in [4.78, 5) is 44.9. The van der Waals surface area contributed by atoms with E-state index in [9.17, 15) is 14.4 Å². The lowest BCUT2D eigenvalue weighted by Gasteiger charge is -2.32. The fourth-order valence-corrected chi connectivity index (χ4v) is 2.82. The lowest BCUT2D eigenvalue weighted by molar-refractivity contribution is -0.119. The predicted octanol–water partition coefficient (Wildman–Crippen LogP) is -0.532. The number of carbonyl (C=O) groups excluding carboxylic acids is 3. The van der Waals surface area contributed by atoms with Crippen LogP contribution in [-0.2, 0) is 9.53 Å². The number of ether oxygens (including phenoxy) is 1. The first kappa shape index (κ1) is 16.4. The van der Waals surface area contributed by atoms with Gasteiger partial charge in [0.1, 0.15) is 5.69 Å². The van der Waals surface area contributed by atoms with Crippen molar-refractivity contribution in [3.05, 3.63) is 29.6 Å². The zero-order chi connectivity index (χ0) is 16.9. The van der Waals surface area contributed by atoms with Gasteiger partial charge in [0.25, 0.3) is 11.8 Å². The van der Waals surface area contributed by atoms with Crippen LogP contribution in [0.5, 0.6) is 0 Å². The van der Waals surface area contributed by atoms with Gasteiger partial charge in [0.05, 0.1) is 13.2 Å². The van der Waals surface area contributed by atoms with E-state index in [1.165, 1.54) is 6.20 Å². The number of pyridine rings is 1. The molecule has 8 heteroatoms. The van der Waals surface area contributed by atoms with Crippen molar-refractivity contribution in [1.29, 1.82) is 0 Å². The molecule has 1 aromatic rings. The van der Waals surface area contributed by atoms with Crippen molar-refractivity contribution in [3.8, 4) is 0 Å². The lowest BCUT2D eigenvalue weighted by atomic mass is 10.1. The molecule has 0 unspecified atom stereocenters. The van der Waals surface area contributed by atoms with E-state index in [0.717, 1.165) is 6.41 Å². The van der Waals surface area contributed by atoms with E-state index >= 15 is 0 Å². The topological polar surface area (TPSA) is 83.1 Å². The zero-order valence-corrected chi connectivity index (χ0v) is 13.4. The molecule has 2 fully saturated rings. The Morgan fingerprint density at radius 3 is 2.33 bits per heavy atom. The number of hydrogen-bond donors (Lipinski definition) is 0. The Bertz CT molecular complexity index is 622. The summed E-state index contributed by atoms with van der Waals surface area (Å²) in [5.41, 5.74) is 0.718. The van der Waals surface area contributed by atoms with Gasteiger partial charge >= 0.3 is 0 Å². The monoisotopic (exact) mass is 332 g/mol. The summed E-state index contributed by atoms with van der Waals surface area (Å²) in [7, 11) is 0. The molecular weight excluding hydrogens is 312 g/mol. The fraction of sp³-hybridized carbons (Fsp3) is 0.500. The average molecular weight is 332 g/mol. The van der Waals surface area contributed by atoms with Crippen molar-refractivity contribution in [2.75, 3.05) is 52.5 Å². The normalized spacial score (nSPS) is 18.4. The van der Waals surface area contributed by atoms with Gasteiger partial charge in [-0.05, 0) is 12.1 Å². The molecule has 3 heterocycles. The molecule has 0 atom stereocenters. The minimum Gasteiger partial charge on any atom is -0.378 e. The highest BCUT2D eigenvalue weighted by Crippen LogP contribution is 2.11. The Kier molecular flexibility index (Phi) is 5.05. The van der Waals surface area contributed by atoms with Crippen LogP contribution in [0.1, 0.15) is 20.8 Å². The van der Waals surface area contributed by atoms with E-state index < -0.39 is 0 Å². The minimum absolute atomic E-state index is 0.111. The number of aromatic nitrogens is 1. The Morgan fingerprint density at radius 1 is 1.00 bits per heavy atom. The maximum Gasteiger partial charge on any atom is 0.272 e. The molecule has 2 aliphatic heterocycles. The summed E-state index contributed by atoms with van der Waals surface area (Å²) in [5.74, 6) is -0.322. The van der Waals surface area contributed by atoms with Gasteiger partial charge in [0.2, 0.25) is 6.41 Å². The van der Waals surface area contributed by atoms with E-state index in [-0.39, 0.29) is 17.5 Å². The van der Waals surface area contributed by atoms with Gasteiger partial charge in [-0.25, -0.2) is 0 Å². The van der Waals surface area contributed by atoms with E-state index in [4.69, 9.17) is 4.74 Å². The molecule has 0 bridgehead atoms. The molecule has 0 N–H and O–H groups in total. The van der Waals surface area contributed by atoms with Crippen LogP contribution < -0.4 is 0 Å². The van der Waals surface area contributed by atoms with E-state index in [1.54, 1.807) is 26.8 Å². The zero-order valence-electron chi connectivity index (χ0n) is 13.4. The van der Waals surface area contributed by atoms with Gasteiger partial charge in [-0.1, -0.05) is 0 Å². The summed E-state index contributed by atoms with van der Waals surface area (Å²) >= 11 is 0. The Morgan fingerprint density at radius 2 is 1.67 bits per heavy atom. The second-order valence-electron chi connectivity index (χ2n) is 5.77. The third-order valence-electron chi connectivity index (χ3n) is 4.27. The highest BCUT2D eigenvalue weighted by Gasteiger charge is 2.24. The Balaban J connectivity index is 1.69. The first-order valence-electron chi connectivity index (χ1n) is 8.01. The van der Waals surface area contributed by atoms with Crippen molar-refractivity contribution < 1.29 is 19.1 Å². The molecule has 0 aliphatic carbocycles. The molecule has 0 radical (unpaired) electrons. The van der Waals surface area contributed by atoms with E-state index in [1.807, 2.05) is 0 Å². The van der Waals surface area contributed by atoms with Gasteiger partial charge in [-0.3, -0.25) is 19.4 Å². The van der Waals surface area contributed by atoms with Crippen LogP contribution in [0.25, 0.3) is 0 Å². The number of amides is 3. The van der Waals surface area contributed by atoms with Crippen LogP contribution in [0, 0.1) is 0 Å². The molecule has 0 spiro atoms. The molecule has 3 amide bonds. The quantitative estimate of drug-likeness (QED) is 0.695. The standard InChI is InChI=1S/C16H20N4O4/c21-12-18-3-5-19(6-4-18)16(23)14-11-13(1-2-17-14)15(22)20-7-9-24-10-8-20/h1-2,11-12H,3-10H2. The molecule has 24 heavy (non-hydrogen) atoms. The van der Waals surface area contributed by atoms with Crippen molar-refractivity contribution in [1.82, 2.24) is 19.7 Å². The molecule has 1 aromatic heterocycles. The summed E-state index contributed by atoms with van der Waals surface area (Å²) in [5, 5.41) is 0. The third-order valence-corrected chi connectivity index (χ3v) is 4.27. The Labute approximate surface area is 140 Å². The van der Waals surface area contributed by atoms with Crippen molar-refractivity contribution in [2.24, 2.45) is 0 Å². The van der Waals surface area contributed by atoms with Crippen LogP contribution in [0.4, 0.5) is 0 Å². The smallest absolute Gasteiger partial charge is 0.272 e. The van der Waals surface area contributed by atoms with Crippen LogP contribution >= 0.6 is 0 Å². The molecule has 3 rings (SSSR count). The highest BCUT2D eigenvalue weighted by atomic mass is 16.5. The summed E-state index contributed by atoms with van der Waals surface area (Å²) < 4.78 is 5.25. The van der Waals surface area contributed by atoms with Gasteiger partial charge in [0.15, 0.2) is 0 Å². The number of carbonyl (C=O) groups is 3. The average Bonchev–Trinajstić information content (AvgIpc) is 2.67. The van der Waals surface area contributed by atoms with Crippen LogP contribution in [0.3, 0.4) is 0 Å². The molecule has 0 aromatic carbocycles. The van der Waals surface area contributed by atoms with E-state index in [0.29, 0.717) is 58.0 Å². The number of piperazine rings is 1. The molecule has 2 aliphatic rings. The van der Waals surface area contributed by atoms with Gasteiger partial charge in [-0.2, -0.15) is 0 Å². The highest BCUT2D eigenvalue weighted by molar-refractivity contribution is 5.98. The van der Waals surface area contributed by atoms with Gasteiger partial charge in [0, 0.05) is 51.0 Å². The molecule has 8 nitrogen and oxygen atoms in total. The largest absolute Gasteiger partial charge is 0.378 e. The number of hydrogen-bond acceptors (Lipinski definition) is 5. The van der Waals surface area contributed by atoms with Crippen LogP contribution in [0.15, 0.2) is 18.3 Å². The molecule has 128 valence electrons. The summed E-state index contributed by atoms with van der Waals surface area (Å²) in [6, 6.07) is 3.17. The number of morpholine rings is 1. The molecule has 0 saturated carbocycles. The Hall–Kier alpha value is -2.48. The SMILES string of the molecule is O=CN1CCN(C(=O)c2cc(C(=O)N3CCOCC3)ccn2)CC1. The first-order valence-corrected chi connectivity index (χ1v) is 8.01. The van der Waals surface area contributed by atoms with Crippen molar-refractivity contribution in [2.45, 2.75) is 0 Å². The fourth-order valence-electron chi connectivity index (χ4n) is 2.82. The van der Waals surface area contributed by atoms with Gasteiger partial charge in [-0.15, -0.1) is 0 Å². The maximum atomic E-state index is 12.6. The number of rotatable bonds is 3. The number of nitrogens with zero attached hydrogens (tertiary/aromatic N) is 4. The van der Waals surface area contributed by atoms with Crippen molar-refractivity contribution in [3.63, 3.8) is 0 Å². The van der Waals surface area contributed by atoms with Crippen molar-refractivity contribution >= 4 is 18.2 Å². The van der Waals surface area contributed by atoms with Crippen LogP contribution in [0.2, 0.25) is 0 Å². The van der Waals surface area contributed by atoms with E-state index in [2.05, 4.69) is 4.98 Å². The summed E-state index contributed by atoms with van der Waals surface area (Å²) in [6.45, 7) is 4.15.